The summed E-state index contributed by atoms with van der Waals surface area (Å²) >= 11 is 0. The molecule has 0 N–H and O–H groups in total. The Morgan fingerprint density at radius 1 is 1.00 bits per heavy atom. The fraction of sp³-hybridized carbons (Fsp3) is 0.167. The molecule has 0 bridgehead atoms. The van der Waals surface area contributed by atoms with Gasteiger partial charge in [-0.3, -0.25) is 4.79 Å². The highest BCUT2D eigenvalue weighted by atomic mass is 16.5. The van der Waals surface area contributed by atoms with Gasteiger partial charge in [0.05, 0.1) is 6.61 Å². The lowest BCUT2D eigenvalue weighted by atomic mass is 10.1. The van der Waals surface area contributed by atoms with Crippen molar-refractivity contribution in [2.45, 2.75) is 20.4 Å². The summed E-state index contributed by atoms with van der Waals surface area (Å²) in [6.45, 7) is 4.13. The van der Waals surface area contributed by atoms with Crippen LogP contribution < -0.4 is 5.43 Å². The average Bonchev–Trinajstić information content (AvgIpc) is 2.71. The molecule has 1 aromatic heterocycles. The van der Waals surface area contributed by atoms with E-state index in [1.54, 1.807) is 26.2 Å². The van der Waals surface area contributed by atoms with E-state index in [0.29, 0.717) is 12.1 Å². The number of rotatable bonds is 4. The van der Waals surface area contributed by atoms with E-state index >= 15 is 0 Å². The first-order chi connectivity index (χ1) is 13.6. The van der Waals surface area contributed by atoms with Crippen molar-refractivity contribution in [2.75, 3.05) is 6.61 Å². The van der Waals surface area contributed by atoms with Gasteiger partial charge in [0.15, 0.2) is 5.43 Å². The number of carbonyl (C=O) groups excluding carboxylic acids is 1. The average molecular weight is 371 g/mol. The zero-order valence-corrected chi connectivity index (χ0v) is 15.9. The molecule has 140 valence electrons. The quantitative estimate of drug-likeness (QED) is 0.518. The molecule has 0 aliphatic rings. The molecule has 0 aliphatic carbocycles. The van der Waals surface area contributed by atoms with Gasteiger partial charge in [-0.05, 0) is 37.6 Å². The molecule has 1 heterocycles. The highest BCUT2D eigenvalue weighted by Crippen LogP contribution is 2.11. The molecule has 3 aromatic rings. The number of aromatic nitrogens is 1. The second kappa shape index (κ2) is 8.88. The van der Waals surface area contributed by atoms with Gasteiger partial charge < -0.3 is 9.30 Å². The highest BCUT2D eigenvalue weighted by molar-refractivity contribution is 5.89. The zero-order valence-electron chi connectivity index (χ0n) is 15.9. The second-order valence-corrected chi connectivity index (χ2v) is 6.35. The predicted octanol–water partition coefficient (Wildman–Crippen LogP) is 3.78. The molecule has 0 amide bonds. The van der Waals surface area contributed by atoms with Gasteiger partial charge >= 0.3 is 5.97 Å². The van der Waals surface area contributed by atoms with Crippen molar-refractivity contribution in [1.29, 1.82) is 0 Å². The molecule has 0 unspecified atom stereocenters. The van der Waals surface area contributed by atoms with Crippen LogP contribution in [0.5, 0.6) is 0 Å². The minimum atomic E-state index is -0.595. The number of nitrogens with zero attached hydrogens (tertiary/aromatic N) is 1. The van der Waals surface area contributed by atoms with Crippen molar-refractivity contribution >= 4 is 5.97 Å². The van der Waals surface area contributed by atoms with Crippen molar-refractivity contribution in [3.05, 3.63) is 105 Å². The molecule has 2 aromatic carbocycles. The van der Waals surface area contributed by atoms with Crippen LogP contribution in [0, 0.1) is 18.8 Å². The Balaban J connectivity index is 1.94. The first-order valence-electron chi connectivity index (χ1n) is 9.11. The maximum absolute atomic E-state index is 12.3. The fourth-order valence-electron chi connectivity index (χ4n) is 2.86. The summed E-state index contributed by atoms with van der Waals surface area (Å²) in [6.07, 6.45) is 3.29. The number of esters is 1. The van der Waals surface area contributed by atoms with Crippen molar-refractivity contribution in [2.24, 2.45) is 0 Å². The number of aryl methyl sites for hydroxylation is 1. The van der Waals surface area contributed by atoms with E-state index in [4.69, 9.17) is 4.74 Å². The lowest BCUT2D eigenvalue weighted by Gasteiger charge is -2.11. The number of hydrogen-bond acceptors (Lipinski definition) is 3. The summed E-state index contributed by atoms with van der Waals surface area (Å²) in [5.74, 6) is 5.79. The van der Waals surface area contributed by atoms with Crippen LogP contribution in [0.2, 0.25) is 0 Å². The smallest absolute Gasteiger partial charge is 0.343 e. The van der Waals surface area contributed by atoms with Crippen LogP contribution in [0.3, 0.4) is 0 Å². The minimum Gasteiger partial charge on any atom is -0.462 e. The number of benzene rings is 2. The predicted molar refractivity (Wildman–Crippen MR) is 109 cm³/mol. The monoisotopic (exact) mass is 371 g/mol. The largest absolute Gasteiger partial charge is 0.462 e. The zero-order chi connectivity index (χ0) is 19.9. The number of hydrogen-bond donors (Lipinski definition) is 0. The third-order valence-corrected chi connectivity index (χ3v) is 4.24. The Kier molecular flexibility index (Phi) is 6.08. The van der Waals surface area contributed by atoms with E-state index in [0.717, 1.165) is 16.7 Å². The van der Waals surface area contributed by atoms with Gasteiger partial charge in [0.25, 0.3) is 0 Å². The van der Waals surface area contributed by atoms with E-state index < -0.39 is 5.97 Å². The Bertz CT molecular complexity index is 1100. The van der Waals surface area contributed by atoms with Gasteiger partial charge in [-0.15, -0.1) is 0 Å². The molecule has 0 radical (unpaired) electrons. The first-order valence-corrected chi connectivity index (χ1v) is 9.11. The van der Waals surface area contributed by atoms with E-state index in [-0.39, 0.29) is 17.6 Å². The van der Waals surface area contributed by atoms with E-state index in [1.165, 1.54) is 0 Å². The molecule has 28 heavy (non-hydrogen) atoms. The van der Waals surface area contributed by atoms with Crippen molar-refractivity contribution in [3.63, 3.8) is 0 Å². The SMILES string of the molecule is CCOC(=O)c1cn(Cc2ccccc2C#Cc2ccccc2)cc(C)c1=O. The maximum atomic E-state index is 12.3. The number of pyridine rings is 1. The van der Waals surface area contributed by atoms with Gasteiger partial charge in [-0.2, -0.15) is 0 Å². The van der Waals surface area contributed by atoms with Gasteiger partial charge in [-0.1, -0.05) is 48.2 Å². The molecule has 0 atom stereocenters. The molecule has 0 saturated carbocycles. The Morgan fingerprint density at radius 3 is 2.46 bits per heavy atom. The summed E-state index contributed by atoms with van der Waals surface area (Å²) in [5.41, 5.74) is 3.10. The van der Waals surface area contributed by atoms with Gasteiger partial charge in [0.2, 0.25) is 0 Å². The number of ether oxygens (including phenoxy) is 1. The lowest BCUT2D eigenvalue weighted by Crippen LogP contribution is -2.22. The van der Waals surface area contributed by atoms with Crippen LogP contribution in [-0.2, 0) is 11.3 Å². The summed E-state index contributed by atoms with van der Waals surface area (Å²) in [7, 11) is 0. The number of carbonyl (C=O) groups is 1. The van der Waals surface area contributed by atoms with Gasteiger partial charge in [-0.25, -0.2) is 4.79 Å². The highest BCUT2D eigenvalue weighted by Gasteiger charge is 2.14. The fourth-order valence-corrected chi connectivity index (χ4v) is 2.86. The van der Waals surface area contributed by atoms with Crippen LogP contribution >= 0.6 is 0 Å². The molecule has 4 heteroatoms. The molecule has 0 aliphatic heterocycles. The third-order valence-electron chi connectivity index (χ3n) is 4.24. The molecule has 4 nitrogen and oxygen atoms in total. The van der Waals surface area contributed by atoms with Crippen LogP contribution in [0.25, 0.3) is 0 Å². The third kappa shape index (κ3) is 4.57. The van der Waals surface area contributed by atoms with Crippen LogP contribution in [0.1, 0.15) is 39.5 Å². The first kappa shape index (κ1) is 19.2. The summed E-state index contributed by atoms with van der Waals surface area (Å²) in [4.78, 5) is 24.4. The van der Waals surface area contributed by atoms with Crippen LogP contribution in [0.15, 0.2) is 71.8 Å². The Morgan fingerprint density at radius 2 is 1.71 bits per heavy atom. The molecule has 0 spiro atoms. The maximum Gasteiger partial charge on any atom is 0.343 e. The van der Waals surface area contributed by atoms with E-state index in [9.17, 15) is 9.59 Å². The molecule has 3 rings (SSSR count). The van der Waals surface area contributed by atoms with Crippen molar-refractivity contribution < 1.29 is 9.53 Å². The molecular formula is C24H21NO3. The van der Waals surface area contributed by atoms with Crippen molar-refractivity contribution in [3.8, 4) is 11.8 Å². The van der Waals surface area contributed by atoms with E-state index in [2.05, 4.69) is 11.8 Å². The van der Waals surface area contributed by atoms with E-state index in [1.807, 2.05) is 59.2 Å². The summed E-state index contributed by atoms with van der Waals surface area (Å²) in [5, 5.41) is 0. The van der Waals surface area contributed by atoms with Gasteiger partial charge in [0, 0.05) is 35.6 Å². The van der Waals surface area contributed by atoms with Gasteiger partial charge in [0.1, 0.15) is 5.56 Å². The standard InChI is InChI=1S/C24H21NO3/c1-3-28-24(27)22-17-25(15-18(2)23(22)26)16-21-12-8-7-11-20(21)14-13-19-9-5-4-6-10-19/h4-12,15,17H,3,16H2,1-2H3. The topological polar surface area (TPSA) is 48.3 Å². The lowest BCUT2D eigenvalue weighted by molar-refractivity contribution is 0.0523. The van der Waals surface area contributed by atoms with Crippen LogP contribution in [0.4, 0.5) is 0 Å². The molecular weight excluding hydrogens is 350 g/mol. The normalized spacial score (nSPS) is 10.1. The molecule has 0 fully saturated rings. The second-order valence-electron chi connectivity index (χ2n) is 6.35. The Labute approximate surface area is 164 Å². The van der Waals surface area contributed by atoms with Crippen LogP contribution in [-0.4, -0.2) is 17.1 Å². The summed E-state index contributed by atoms with van der Waals surface area (Å²) < 4.78 is 6.83. The summed E-state index contributed by atoms with van der Waals surface area (Å²) in [6, 6.07) is 17.6. The van der Waals surface area contributed by atoms with Crippen molar-refractivity contribution in [1.82, 2.24) is 4.57 Å². The molecule has 0 saturated heterocycles. The minimum absolute atomic E-state index is 0.0506. The Hall–Kier alpha value is -3.58.